The van der Waals surface area contributed by atoms with E-state index in [-0.39, 0.29) is 5.91 Å². The third kappa shape index (κ3) is 4.15. The summed E-state index contributed by atoms with van der Waals surface area (Å²) in [6.07, 6.45) is 0. The van der Waals surface area contributed by atoms with Crippen molar-refractivity contribution in [2.45, 2.75) is 6.92 Å². The van der Waals surface area contributed by atoms with Crippen LogP contribution in [0.4, 0.5) is 5.69 Å². The molecule has 0 aliphatic carbocycles. The van der Waals surface area contributed by atoms with Crippen LogP contribution in [0.3, 0.4) is 0 Å². The Morgan fingerprint density at radius 2 is 1.81 bits per heavy atom. The van der Waals surface area contributed by atoms with Crippen molar-refractivity contribution in [3.8, 4) is 16.3 Å². The van der Waals surface area contributed by atoms with Crippen molar-refractivity contribution in [3.63, 3.8) is 0 Å². The summed E-state index contributed by atoms with van der Waals surface area (Å²) in [7, 11) is 2.93. The molecule has 138 valence electrons. The maximum atomic E-state index is 12.6. The quantitative estimate of drug-likeness (QED) is 0.670. The zero-order chi connectivity index (χ0) is 19.4. The monoisotopic (exact) mass is 382 g/mol. The summed E-state index contributed by atoms with van der Waals surface area (Å²) in [6, 6.07) is 12.5. The van der Waals surface area contributed by atoms with Gasteiger partial charge >= 0.3 is 5.97 Å². The van der Waals surface area contributed by atoms with Crippen LogP contribution >= 0.6 is 11.3 Å². The van der Waals surface area contributed by atoms with Gasteiger partial charge in [-0.15, -0.1) is 11.3 Å². The smallest absolute Gasteiger partial charge is 0.337 e. The molecule has 0 aliphatic rings. The highest BCUT2D eigenvalue weighted by atomic mass is 32.1. The average Bonchev–Trinajstić information content (AvgIpc) is 3.19. The van der Waals surface area contributed by atoms with Gasteiger partial charge < -0.3 is 14.8 Å². The van der Waals surface area contributed by atoms with Crippen molar-refractivity contribution in [1.82, 2.24) is 4.98 Å². The Kier molecular flexibility index (Phi) is 5.52. The number of aromatic nitrogens is 1. The molecule has 1 heterocycles. The molecule has 2 aromatic carbocycles. The van der Waals surface area contributed by atoms with E-state index in [0.717, 1.165) is 21.9 Å². The second-order valence-corrected chi connectivity index (χ2v) is 6.60. The number of hydrogen-bond acceptors (Lipinski definition) is 6. The summed E-state index contributed by atoms with van der Waals surface area (Å²) in [5.74, 6) is -0.0358. The largest absolute Gasteiger partial charge is 0.497 e. The fourth-order valence-electron chi connectivity index (χ4n) is 2.43. The summed E-state index contributed by atoms with van der Waals surface area (Å²) in [4.78, 5) is 28.7. The van der Waals surface area contributed by atoms with E-state index >= 15 is 0 Å². The molecule has 7 heteroatoms. The molecule has 1 amide bonds. The number of aryl methyl sites for hydroxylation is 1. The van der Waals surface area contributed by atoms with Gasteiger partial charge in [0.05, 0.1) is 19.8 Å². The first kappa shape index (κ1) is 18.6. The number of thiazole rings is 1. The van der Waals surface area contributed by atoms with E-state index < -0.39 is 5.97 Å². The zero-order valence-electron chi connectivity index (χ0n) is 15.1. The SMILES string of the molecule is COC(=O)c1ccc(C)c(NC(=O)c2csc(-c3ccc(OC)cc3)n2)c1. The Labute approximate surface area is 160 Å². The summed E-state index contributed by atoms with van der Waals surface area (Å²) in [5, 5.41) is 5.25. The van der Waals surface area contributed by atoms with Crippen LogP contribution in [-0.2, 0) is 4.74 Å². The summed E-state index contributed by atoms with van der Waals surface area (Å²) >= 11 is 1.38. The Morgan fingerprint density at radius 3 is 2.48 bits per heavy atom. The fraction of sp³-hybridized carbons (Fsp3) is 0.150. The van der Waals surface area contributed by atoms with Crippen molar-refractivity contribution in [3.05, 3.63) is 64.7 Å². The molecule has 0 bridgehead atoms. The maximum Gasteiger partial charge on any atom is 0.337 e. The lowest BCUT2D eigenvalue weighted by molar-refractivity contribution is 0.0600. The van der Waals surface area contributed by atoms with Crippen LogP contribution in [0.1, 0.15) is 26.4 Å². The average molecular weight is 382 g/mol. The molecule has 0 spiro atoms. The standard InChI is InChI=1S/C20H18N2O4S/c1-12-4-5-14(20(24)26-3)10-16(12)21-18(23)17-11-27-19(22-17)13-6-8-15(25-2)9-7-13/h4-11H,1-3H3,(H,21,23). The molecular weight excluding hydrogens is 364 g/mol. The van der Waals surface area contributed by atoms with E-state index in [1.54, 1.807) is 30.7 Å². The summed E-state index contributed by atoms with van der Waals surface area (Å²) < 4.78 is 9.86. The van der Waals surface area contributed by atoms with Crippen LogP contribution in [0.25, 0.3) is 10.6 Å². The molecule has 3 aromatic rings. The first-order chi connectivity index (χ1) is 13.0. The second kappa shape index (κ2) is 8.01. The van der Waals surface area contributed by atoms with Crippen molar-refractivity contribution in [2.24, 2.45) is 0 Å². The van der Waals surface area contributed by atoms with Crippen molar-refractivity contribution >= 4 is 28.9 Å². The van der Waals surface area contributed by atoms with Crippen LogP contribution in [0, 0.1) is 6.92 Å². The molecule has 0 atom stereocenters. The number of benzene rings is 2. The van der Waals surface area contributed by atoms with Gasteiger partial charge in [-0.3, -0.25) is 4.79 Å². The zero-order valence-corrected chi connectivity index (χ0v) is 15.9. The van der Waals surface area contributed by atoms with Gasteiger partial charge in [-0.25, -0.2) is 9.78 Å². The third-order valence-corrected chi connectivity index (χ3v) is 4.87. The van der Waals surface area contributed by atoms with Crippen molar-refractivity contribution < 1.29 is 19.1 Å². The first-order valence-electron chi connectivity index (χ1n) is 8.12. The number of esters is 1. The van der Waals surface area contributed by atoms with Gasteiger partial charge in [0.25, 0.3) is 5.91 Å². The number of nitrogens with zero attached hydrogens (tertiary/aromatic N) is 1. The molecule has 0 radical (unpaired) electrons. The number of methoxy groups -OCH3 is 2. The van der Waals surface area contributed by atoms with E-state index in [9.17, 15) is 9.59 Å². The number of nitrogens with one attached hydrogen (secondary N) is 1. The second-order valence-electron chi connectivity index (χ2n) is 5.74. The van der Waals surface area contributed by atoms with E-state index in [4.69, 9.17) is 9.47 Å². The van der Waals surface area contributed by atoms with E-state index in [0.29, 0.717) is 16.9 Å². The molecule has 1 N–H and O–H groups in total. The highest BCUT2D eigenvalue weighted by Crippen LogP contribution is 2.26. The van der Waals surface area contributed by atoms with Crippen LogP contribution in [-0.4, -0.2) is 31.1 Å². The van der Waals surface area contributed by atoms with E-state index in [1.807, 2.05) is 31.2 Å². The maximum absolute atomic E-state index is 12.6. The number of amides is 1. The predicted octanol–water partition coefficient (Wildman–Crippen LogP) is 4.17. The Bertz CT molecular complexity index is 980. The van der Waals surface area contributed by atoms with Crippen LogP contribution < -0.4 is 10.1 Å². The van der Waals surface area contributed by atoms with Gasteiger partial charge in [0.15, 0.2) is 0 Å². The van der Waals surface area contributed by atoms with Crippen molar-refractivity contribution in [1.29, 1.82) is 0 Å². The lowest BCUT2D eigenvalue weighted by Gasteiger charge is -2.09. The summed E-state index contributed by atoms with van der Waals surface area (Å²) in [5.41, 5.74) is 2.97. The summed E-state index contributed by atoms with van der Waals surface area (Å²) in [6.45, 7) is 1.85. The molecule has 0 saturated carbocycles. The Balaban J connectivity index is 1.79. The first-order valence-corrected chi connectivity index (χ1v) is 9.00. The van der Waals surface area contributed by atoms with Crippen LogP contribution in [0.2, 0.25) is 0 Å². The van der Waals surface area contributed by atoms with Gasteiger partial charge in [-0.05, 0) is 48.9 Å². The Hall–Kier alpha value is -3.19. The lowest BCUT2D eigenvalue weighted by atomic mass is 10.1. The molecule has 0 saturated heterocycles. The number of carbonyl (C=O) groups is 2. The normalized spacial score (nSPS) is 10.3. The molecule has 0 unspecified atom stereocenters. The fourth-order valence-corrected chi connectivity index (χ4v) is 3.24. The molecule has 0 fully saturated rings. The number of anilines is 1. The molecule has 6 nitrogen and oxygen atoms in total. The minimum atomic E-state index is -0.457. The van der Waals surface area contributed by atoms with Gasteiger partial charge in [-0.2, -0.15) is 0 Å². The molecule has 3 rings (SSSR count). The lowest BCUT2D eigenvalue weighted by Crippen LogP contribution is -2.14. The number of ether oxygens (including phenoxy) is 2. The molecule has 27 heavy (non-hydrogen) atoms. The van der Waals surface area contributed by atoms with Gasteiger partial charge in [0.1, 0.15) is 16.5 Å². The minimum Gasteiger partial charge on any atom is -0.497 e. The minimum absolute atomic E-state index is 0.314. The van der Waals surface area contributed by atoms with Crippen LogP contribution in [0.15, 0.2) is 47.8 Å². The van der Waals surface area contributed by atoms with Gasteiger partial charge in [-0.1, -0.05) is 6.07 Å². The highest BCUT2D eigenvalue weighted by molar-refractivity contribution is 7.13. The highest BCUT2D eigenvalue weighted by Gasteiger charge is 2.15. The number of rotatable bonds is 5. The van der Waals surface area contributed by atoms with E-state index in [1.165, 1.54) is 18.4 Å². The molecule has 0 aliphatic heterocycles. The Morgan fingerprint density at radius 1 is 1.07 bits per heavy atom. The number of hydrogen-bond donors (Lipinski definition) is 1. The van der Waals surface area contributed by atoms with E-state index in [2.05, 4.69) is 10.3 Å². The third-order valence-electron chi connectivity index (χ3n) is 3.98. The topological polar surface area (TPSA) is 77.5 Å². The predicted molar refractivity (Wildman–Crippen MR) is 105 cm³/mol. The van der Waals surface area contributed by atoms with Crippen LogP contribution in [0.5, 0.6) is 5.75 Å². The molecular formula is C20H18N2O4S. The van der Waals surface area contributed by atoms with Gasteiger partial charge in [0, 0.05) is 16.6 Å². The van der Waals surface area contributed by atoms with Gasteiger partial charge in [0.2, 0.25) is 0 Å². The number of carbonyl (C=O) groups excluding carboxylic acids is 2. The van der Waals surface area contributed by atoms with Crippen molar-refractivity contribution in [2.75, 3.05) is 19.5 Å². The molecule has 1 aromatic heterocycles.